The van der Waals surface area contributed by atoms with Gasteiger partial charge in [0.2, 0.25) is 5.75 Å². The minimum Gasteiger partial charge on any atom is -0.502 e. The van der Waals surface area contributed by atoms with Crippen LogP contribution < -0.4 is 14.2 Å². The molecular formula is C20H18O8. The Morgan fingerprint density at radius 1 is 0.786 bits per heavy atom. The number of phenols is 1. The number of ether oxygens (including phenoxy) is 3. The summed E-state index contributed by atoms with van der Waals surface area (Å²) in [5, 5.41) is 27.8. The maximum atomic E-state index is 10.7. The van der Waals surface area contributed by atoms with Crippen molar-refractivity contribution in [2.24, 2.45) is 0 Å². The van der Waals surface area contributed by atoms with Crippen LogP contribution in [0, 0.1) is 0 Å². The number of aliphatic carboxylic acids is 2. The summed E-state index contributed by atoms with van der Waals surface area (Å²) < 4.78 is 16.1. The molecule has 2 rings (SSSR count). The molecule has 0 heterocycles. The highest BCUT2D eigenvalue weighted by molar-refractivity contribution is 5.86. The van der Waals surface area contributed by atoms with Crippen LogP contribution in [0.4, 0.5) is 0 Å². The van der Waals surface area contributed by atoms with Crippen LogP contribution in [0.2, 0.25) is 0 Å². The number of hydrogen-bond acceptors (Lipinski definition) is 6. The molecule has 8 heteroatoms. The maximum absolute atomic E-state index is 10.7. The highest BCUT2D eigenvalue weighted by atomic mass is 16.5. The van der Waals surface area contributed by atoms with Crippen molar-refractivity contribution in [3.8, 4) is 28.7 Å². The van der Waals surface area contributed by atoms with Crippen LogP contribution in [0.25, 0.3) is 12.2 Å². The molecule has 0 radical (unpaired) electrons. The minimum absolute atomic E-state index is 0.0246. The predicted octanol–water partition coefficient (Wildman–Crippen LogP) is 3.40. The first kappa shape index (κ1) is 20.4. The van der Waals surface area contributed by atoms with E-state index in [1.807, 2.05) is 0 Å². The average Bonchev–Trinajstić information content (AvgIpc) is 2.67. The molecule has 146 valence electrons. The van der Waals surface area contributed by atoms with E-state index in [0.29, 0.717) is 16.9 Å². The number of carbonyl (C=O) groups is 2. The van der Waals surface area contributed by atoms with Gasteiger partial charge in [0, 0.05) is 12.2 Å². The van der Waals surface area contributed by atoms with Gasteiger partial charge in [-0.15, -0.1) is 0 Å². The topological polar surface area (TPSA) is 123 Å². The van der Waals surface area contributed by atoms with Crippen LogP contribution in [0.15, 0.2) is 42.5 Å². The number of rotatable bonds is 8. The largest absolute Gasteiger partial charge is 0.502 e. The number of phenolic OH excluding ortho intramolecular Hbond substituents is 1. The van der Waals surface area contributed by atoms with Gasteiger partial charge >= 0.3 is 11.9 Å². The second-order valence-electron chi connectivity index (χ2n) is 5.43. The summed E-state index contributed by atoms with van der Waals surface area (Å²) in [4.78, 5) is 21.4. The third kappa shape index (κ3) is 5.28. The molecule has 0 aromatic heterocycles. The Balaban J connectivity index is 2.42. The Morgan fingerprint density at radius 2 is 1.32 bits per heavy atom. The third-order valence-electron chi connectivity index (χ3n) is 3.53. The van der Waals surface area contributed by atoms with Gasteiger partial charge < -0.3 is 29.5 Å². The minimum atomic E-state index is -1.12. The van der Waals surface area contributed by atoms with Gasteiger partial charge in [-0.2, -0.15) is 0 Å². The molecule has 0 aliphatic carbocycles. The zero-order valence-electron chi connectivity index (χ0n) is 15.1. The monoisotopic (exact) mass is 386 g/mol. The van der Waals surface area contributed by atoms with Gasteiger partial charge in [0.25, 0.3) is 0 Å². The highest BCUT2D eigenvalue weighted by Gasteiger charge is 2.15. The van der Waals surface area contributed by atoms with Gasteiger partial charge in [-0.25, -0.2) is 9.59 Å². The van der Waals surface area contributed by atoms with Crippen molar-refractivity contribution in [1.82, 2.24) is 0 Å². The SMILES string of the molecule is COc1cc(C=CC(=O)O)ccc1Oc1cc(C=CC(=O)O)cc(OC)c1O. The summed E-state index contributed by atoms with van der Waals surface area (Å²) in [5.41, 5.74) is 1.01. The van der Waals surface area contributed by atoms with E-state index in [1.165, 1.54) is 38.5 Å². The van der Waals surface area contributed by atoms with E-state index in [2.05, 4.69) is 0 Å². The van der Waals surface area contributed by atoms with Gasteiger partial charge in [-0.05, 0) is 47.5 Å². The normalized spacial score (nSPS) is 10.9. The molecule has 0 spiro atoms. The highest BCUT2D eigenvalue weighted by Crippen LogP contribution is 2.42. The van der Waals surface area contributed by atoms with Crippen LogP contribution in [0.3, 0.4) is 0 Å². The molecule has 0 bridgehead atoms. The molecule has 2 aromatic carbocycles. The third-order valence-corrected chi connectivity index (χ3v) is 3.53. The molecule has 0 fully saturated rings. The second kappa shape index (κ2) is 9.13. The lowest BCUT2D eigenvalue weighted by atomic mass is 10.1. The standard InChI is InChI=1S/C20H18O8/c1-26-15-9-12(4-7-18(21)22)3-6-14(15)28-17-11-13(5-8-19(23)24)10-16(27-2)20(17)25/h3-11,25H,1-2H3,(H,21,22)(H,23,24). The Kier molecular flexibility index (Phi) is 6.64. The molecule has 3 N–H and O–H groups in total. The van der Waals surface area contributed by atoms with Crippen molar-refractivity contribution >= 4 is 24.1 Å². The zero-order chi connectivity index (χ0) is 20.7. The van der Waals surface area contributed by atoms with E-state index < -0.39 is 11.9 Å². The van der Waals surface area contributed by atoms with Gasteiger partial charge in [0.15, 0.2) is 23.0 Å². The van der Waals surface area contributed by atoms with Crippen molar-refractivity contribution in [2.75, 3.05) is 14.2 Å². The van der Waals surface area contributed by atoms with Gasteiger partial charge in [-0.3, -0.25) is 0 Å². The predicted molar refractivity (Wildman–Crippen MR) is 101 cm³/mol. The molecule has 28 heavy (non-hydrogen) atoms. The van der Waals surface area contributed by atoms with Crippen molar-refractivity contribution in [3.05, 3.63) is 53.6 Å². The number of carboxylic acids is 2. The van der Waals surface area contributed by atoms with Gasteiger partial charge in [0.05, 0.1) is 14.2 Å². The smallest absolute Gasteiger partial charge is 0.328 e. The van der Waals surface area contributed by atoms with Crippen molar-refractivity contribution in [2.45, 2.75) is 0 Å². The molecule has 0 saturated heterocycles. The van der Waals surface area contributed by atoms with E-state index in [9.17, 15) is 14.7 Å². The second-order valence-corrected chi connectivity index (χ2v) is 5.43. The summed E-state index contributed by atoms with van der Waals surface area (Å²) in [7, 11) is 2.77. The number of carboxylic acid groups (broad SMARTS) is 2. The molecule has 0 unspecified atom stereocenters. The lowest BCUT2D eigenvalue weighted by molar-refractivity contribution is -0.132. The Bertz CT molecular complexity index is 943. The van der Waals surface area contributed by atoms with Crippen LogP contribution in [0.1, 0.15) is 11.1 Å². The molecule has 0 aliphatic rings. The molecular weight excluding hydrogens is 368 g/mol. The molecule has 2 aromatic rings. The Labute approximate surface area is 160 Å². The van der Waals surface area contributed by atoms with Gasteiger partial charge in [0.1, 0.15) is 0 Å². The van der Waals surface area contributed by atoms with E-state index in [0.717, 1.165) is 12.2 Å². The summed E-state index contributed by atoms with van der Waals surface area (Å²) in [6, 6.07) is 7.62. The Morgan fingerprint density at radius 3 is 1.89 bits per heavy atom. The van der Waals surface area contributed by atoms with Crippen LogP contribution >= 0.6 is 0 Å². The van der Waals surface area contributed by atoms with Crippen molar-refractivity contribution in [1.29, 1.82) is 0 Å². The van der Waals surface area contributed by atoms with E-state index in [4.69, 9.17) is 24.4 Å². The Hall–Kier alpha value is -3.94. The summed E-state index contributed by atoms with van der Waals surface area (Å²) >= 11 is 0. The van der Waals surface area contributed by atoms with E-state index in [1.54, 1.807) is 18.2 Å². The number of methoxy groups -OCH3 is 2. The molecule has 0 amide bonds. The first-order chi connectivity index (χ1) is 13.3. The molecule has 8 nitrogen and oxygen atoms in total. The average molecular weight is 386 g/mol. The lowest BCUT2D eigenvalue weighted by Crippen LogP contribution is -1.94. The molecule has 0 aliphatic heterocycles. The lowest BCUT2D eigenvalue weighted by Gasteiger charge is -2.14. The summed E-state index contributed by atoms with van der Waals surface area (Å²) in [6.45, 7) is 0. The fourth-order valence-corrected chi connectivity index (χ4v) is 2.26. The number of benzene rings is 2. The number of aromatic hydroxyl groups is 1. The maximum Gasteiger partial charge on any atom is 0.328 e. The zero-order valence-corrected chi connectivity index (χ0v) is 15.1. The van der Waals surface area contributed by atoms with Gasteiger partial charge in [-0.1, -0.05) is 6.07 Å². The van der Waals surface area contributed by atoms with Crippen molar-refractivity contribution < 1.29 is 39.1 Å². The summed E-state index contributed by atoms with van der Waals surface area (Å²) in [6.07, 6.45) is 4.66. The van der Waals surface area contributed by atoms with E-state index in [-0.39, 0.29) is 23.0 Å². The summed E-state index contributed by atoms with van der Waals surface area (Å²) in [5.74, 6) is -1.79. The number of hydrogen-bond donors (Lipinski definition) is 3. The molecule has 0 atom stereocenters. The van der Waals surface area contributed by atoms with Crippen molar-refractivity contribution in [3.63, 3.8) is 0 Å². The fraction of sp³-hybridized carbons (Fsp3) is 0.100. The fourth-order valence-electron chi connectivity index (χ4n) is 2.26. The quantitative estimate of drug-likeness (QED) is 0.590. The van der Waals surface area contributed by atoms with Crippen LogP contribution in [-0.2, 0) is 9.59 Å². The van der Waals surface area contributed by atoms with Crippen LogP contribution in [-0.4, -0.2) is 41.5 Å². The molecule has 0 saturated carbocycles. The first-order valence-electron chi connectivity index (χ1n) is 7.93. The van der Waals surface area contributed by atoms with Crippen LogP contribution in [0.5, 0.6) is 28.7 Å². The first-order valence-corrected chi connectivity index (χ1v) is 7.93. The van der Waals surface area contributed by atoms with E-state index >= 15 is 0 Å².